The van der Waals surface area contributed by atoms with Crippen molar-refractivity contribution in [2.45, 2.75) is 6.92 Å². The van der Waals surface area contributed by atoms with Crippen molar-refractivity contribution in [3.8, 4) is 22.8 Å². The average Bonchev–Trinajstić information content (AvgIpc) is 3.11. The Morgan fingerprint density at radius 1 is 1.19 bits per heavy atom. The summed E-state index contributed by atoms with van der Waals surface area (Å²) in [5.41, 5.74) is 5.40. The molecule has 1 aromatic heterocycles. The molecule has 3 aromatic rings. The van der Waals surface area contributed by atoms with Crippen LogP contribution in [-0.2, 0) is 0 Å². The van der Waals surface area contributed by atoms with E-state index in [0.29, 0.717) is 33.3 Å². The maximum atomic E-state index is 6.23. The number of ether oxygens (including phenoxy) is 2. The summed E-state index contributed by atoms with van der Waals surface area (Å²) in [5.74, 6) is 1.37. The first kappa shape index (κ1) is 19.5. The molecule has 0 aliphatic carbocycles. The Labute approximate surface area is 171 Å². The minimum Gasteiger partial charge on any atom is -0.493 e. The molecule has 5 nitrogen and oxygen atoms in total. The van der Waals surface area contributed by atoms with E-state index in [2.05, 4.69) is 15.5 Å². The van der Waals surface area contributed by atoms with Gasteiger partial charge in [-0.2, -0.15) is 5.10 Å². The van der Waals surface area contributed by atoms with Gasteiger partial charge in [0, 0.05) is 16.0 Å². The van der Waals surface area contributed by atoms with E-state index < -0.39 is 0 Å². The molecule has 0 atom stereocenters. The molecule has 0 fully saturated rings. The molecular weight excluding hydrogens is 405 g/mol. The molecule has 27 heavy (non-hydrogen) atoms. The van der Waals surface area contributed by atoms with Crippen LogP contribution < -0.4 is 14.9 Å². The second kappa shape index (κ2) is 9.08. The van der Waals surface area contributed by atoms with Crippen LogP contribution in [0.15, 0.2) is 46.9 Å². The molecule has 0 unspecified atom stereocenters. The number of anilines is 1. The third kappa shape index (κ3) is 4.91. The highest BCUT2D eigenvalue weighted by molar-refractivity contribution is 7.14. The fraction of sp³-hybridized carbons (Fsp3) is 0.158. The largest absolute Gasteiger partial charge is 0.493 e. The number of hydrazone groups is 1. The second-order valence-corrected chi connectivity index (χ2v) is 7.08. The van der Waals surface area contributed by atoms with Crippen LogP contribution in [0.3, 0.4) is 0 Å². The number of benzene rings is 2. The highest BCUT2D eigenvalue weighted by Crippen LogP contribution is 2.32. The van der Waals surface area contributed by atoms with Crippen LogP contribution in [0.4, 0.5) is 5.13 Å². The maximum absolute atomic E-state index is 6.23. The maximum Gasteiger partial charge on any atom is 0.203 e. The highest BCUT2D eigenvalue weighted by Gasteiger charge is 2.09. The molecule has 1 heterocycles. The minimum absolute atomic E-state index is 0.560. The van der Waals surface area contributed by atoms with E-state index >= 15 is 0 Å². The van der Waals surface area contributed by atoms with Crippen LogP contribution in [0.5, 0.6) is 11.5 Å². The summed E-state index contributed by atoms with van der Waals surface area (Å²) in [6.45, 7) is 2.49. The lowest BCUT2D eigenvalue weighted by Gasteiger charge is -2.09. The Morgan fingerprint density at radius 2 is 2.04 bits per heavy atom. The smallest absolute Gasteiger partial charge is 0.203 e. The molecule has 3 rings (SSSR count). The molecule has 8 heteroatoms. The first-order chi connectivity index (χ1) is 13.1. The van der Waals surface area contributed by atoms with Crippen molar-refractivity contribution in [1.82, 2.24) is 4.98 Å². The number of rotatable bonds is 7. The molecule has 0 radical (unpaired) electrons. The first-order valence-electron chi connectivity index (χ1n) is 8.11. The van der Waals surface area contributed by atoms with Gasteiger partial charge in [-0.25, -0.2) is 4.98 Å². The van der Waals surface area contributed by atoms with Gasteiger partial charge < -0.3 is 9.47 Å². The SMILES string of the molecule is CCOc1cc(/C=N/Nc2nc(-c3ccc(Cl)cc3Cl)cs2)ccc1OC. The Bertz CT molecular complexity index is 960. The molecule has 0 bridgehead atoms. The van der Waals surface area contributed by atoms with E-state index in [-0.39, 0.29) is 0 Å². The predicted octanol–water partition coefficient (Wildman–Crippen LogP) is 5.97. The summed E-state index contributed by atoms with van der Waals surface area (Å²) in [7, 11) is 1.61. The van der Waals surface area contributed by atoms with Crippen LogP contribution in [0.1, 0.15) is 12.5 Å². The van der Waals surface area contributed by atoms with Gasteiger partial charge in [-0.05, 0) is 48.9 Å². The van der Waals surface area contributed by atoms with Crippen LogP contribution in [0.2, 0.25) is 10.0 Å². The molecule has 0 aliphatic rings. The topological polar surface area (TPSA) is 55.7 Å². The lowest BCUT2D eigenvalue weighted by atomic mass is 10.2. The van der Waals surface area contributed by atoms with Gasteiger partial charge in [0.2, 0.25) is 5.13 Å². The van der Waals surface area contributed by atoms with Crippen LogP contribution in [0, 0.1) is 0 Å². The number of halogens is 2. The van der Waals surface area contributed by atoms with Gasteiger partial charge in [-0.15, -0.1) is 11.3 Å². The van der Waals surface area contributed by atoms with Crippen molar-refractivity contribution in [1.29, 1.82) is 0 Å². The Morgan fingerprint density at radius 3 is 2.78 bits per heavy atom. The van der Waals surface area contributed by atoms with Crippen molar-refractivity contribution < 1.29 is 9.47 Å². The first-order valence-corrected chi connectivity index (χ1v) is 9.75. The van der Waals surface area contributed by atoms with Gasteiger partial charge in [0.1, 0.15) is 0 Å². The van der Waals surface area contributed by atoms with Gasteiger partial charge in [-0.3, -0.25) is 5.43 Å². The minimum atomic E-state index is 0.560. The van der Waals surface area contributed by atoms with Crippen LogP contribution in [-0.4, -0.2) is 24.9 Å². The molecule has 0 saturated heterocycles. The lowest BCUT2D eigenvalue weighted by molar-refractivity contribution is 0.311. The van der Waals surface area contributed by atoms with Crippen molar-refractivity contribution in [2.24, 2.45) is 5.10 Å². The normalized spacial score (nSPS) is 11.0. The number of hydrogen-bond acceptors (Lipinski definition) is 6. The fourth-order valence-corrected chi connectivity index (χ4v) is 3.51. The number of nitrogens with zero attached hydrogens (tertiary/aromatic N) is 2. The van der Waals surface area contributed by atoms with Crippen molar-refractivity contribution in [3.63, 3.8) is 0 Å². The summed E-state index contributed by atoms with van der Waals surface area (Å²) < 4.78 is 10.8. The number of aromatic nitrogens is 1. The number of nitrogens with one attached hydrogen (secondary N) is 1. The Hall–Kier alpha value is -2.28. The quantitative estimate of drug-likeness (QED) is 0.377. The molecule has 2 aromatic carbocycles. The molecule has 0 aliphatic heterocycles. The monoisotopic (exact) mass is 421 g/mol. The Kier molecular flexibility index (Phi) is 6.55. The van der Waals surface area contributed by atoms with Gasteiger partial charge in [0.25, 0.3) is 0 Å². The zero-order chi connectivity index (χ0) is 19.2. The number of hydrogen-bond donors (Lipinski definition) is 1. The fourth-order valence-electron chi connectivity index (χ4n) is 2.35. The summed E-state index contributed by atoms with van der Waals surface area (Å²) in [6.07, 6.45) is 1.69. The average molecular weight is 422 g/mol. The predicted molar refractivity (Wildman–Crippen MR) is 113 cm³/mol. The van der Waals surface area contributed by atoms with E-state index in [4.69, 9.17) is 32.7 Å². The third-order valence-electron chi connectivity index (χ3n) is 3.57. The number of methoxy groups -OCH3 is 1. The molecule has 140 valence electrons. The molecular formula is C19H17Cl2N3O2S. The van der Waals surface area contributed by atoms with E-state index in [0.717, 1.165) is 16.8 Å². The van der Waals surface area contributed by atoms with Crippen LogP contribution in [0.25, 0.3) is 11.3 Å². The van der Waals surface area contributed by atoms with Gasteiger partial charge in [0.15, 0.2) is 11.5 Å². The highest BCUT2D eigenvalue weighted by atomic mass is 35.5. The number of thiazole rings is 1. The third-order valence-corrected chi connectivity index (χ3v) is 4.87. The lowest BCUT2D eigenvalue weighted by Crippen LogP contribution is -1.97. The zero-order valence-electron chi connectivity index (χ0n) is 14.7. The van der Waals surface area contributed by atoms with E-state index in [1.165, 1.54) is 11.3 Å². The second-order valence-electron chi connectivity index (χ2n) is 5.38. The van der Waals surface area contributed by atoms with Crippen LogP contribution >= 0.6 is 34.5 Å². The van der Waals surface area contributed by atoms with Gasteiger partial charge in [-0.1, -0.05) is 23.2 Å². The summed E-state index contributed by atoms with van der Waals surface area (Å²) in [6, 6.07) is 10.9. The van der Waals surface area contributed by atoms with Crippen molar-refractivity contribution in [2.75, 3.05) is 19.1 Å². The Balaban J connectivity index is 1.70. The zero-order valence-corrected chi connectivity index (χ0v) is 17.0. The van der Waals surface area contributed by atoms with Gasteiger partial charge in [0.05, 0.1) is 30.6 Å². The summed E-state index contributed by atoms with van der Waals surface area (Å²) >= 11 is 13.6. The van der Waals surface area contributed by atoms with E-state index in [1.807, 2.05) is 36.6 Å². The van der Waals surface area contributed by atoms with Gasteiger partial charge >= 0.3 is 0 Å². The van der Waals surface area contributed by atoms with E-state index in [1.54, 1.807) is 25.5 Å². The summed E-state index contributed by atoms with van der Waals surface area (Å²) in [5, 5.41) is 7.95. The van der Waals surface area contributed by atoms with Crippen molar-refractivity contribution >= 4 is 45.9 Å². The standard InChI is InChI=1S/C19H17Cl2N3O2S/c1-3-26-18-8-12(4-7-17(18)25-2)10-22-24-19-23-16(11-27-19)14-6-5-13(20)9-15(14)21/h4-11H,3H2,1-2H3,(H,23,24)/b22-10+. The van der Waals surface area contributed by atoms with E-state index in [9.17, 15) is 0 Å². The molecule has 1 N–H and O–H groups in total. The summed E-state index contributed by atoms with van der Waals surface area (Å²) in [4.78, 5) is 4.50. The molecule has 0 spiro atoms. The van der Waals surface area contributed by atoms with Crippen molar-refractivity contribution in [3.05, 3.63) is 57.4 Å². The molecule has 0 amide bonds. The molecule has 0 saturated carbocycles.